The highest BCUT2D eigenvalue weighted by molar-refractivity contribution is 9.10. The van der Waals surface area contributed by atoms with Crippen molar-refractivity contribution in [3.8, 4) is 0 Å². The van der Waals surface area contributed by atoms with Crippen molar-refractivity contribution < 1.29 is 14.3 Å². The second-order valence-corrected chi connectivity index (χ2v) is 3.66. The summed E-state index contributed by atoms with van der Waals surface area (Å²) >= 11 is 3.05. The van der Waals surface area contributed by atoms with Crippen molar-refractivity contribution in [2.75, 3.05) is 0 Å². The minimum absolute atomic E-state index is 0.322. The van der Waals surface area contributed by atoms with Gasteiger partial charge in [-0.1, -0.05) is 0 Å². The fraction of sp³-hybridized carbons (Fsp3) is 0.100. The van der Waals surface area contributed by atoms with Gasteiger partial charge < -0.3 is 5.11 Å². The molecule has 0 saturated heterocycles. The first-order valence-corrected chi connectivity index (χ1v) is 4.66. The summed E-state index contributed by atoms with van der Waals surface area (Å²) in [5, 5.41) is 8.40. The summed E-state index contributed by atoms with van der Waals surface area (Å²) in [5.41, 5.74) is 1.13. The molecule has 1 aromatic carbocycles. The molecule has 0 aromatic heterocycles. The number of hydrogen-bond acceptors (Lipinski definition) is 1. The number of aryl methyl sites for hydroxylation is 1. The van der Waals surface area contributed by atoms with Crippen molar-refractivity contribution in [3.05, 3.63) is 39.6 Å². The monoisotopic (exact) mass is 258 g/mol. The van der Waals surface area contributed by atoms with Gasteiger partial charge in [-0.2, -0.15) is 0 Å². The van der Waals surface area contributed by atoms with Gasteiger partial charge in [0, 0.05) is 6.08 Å². The van der Waals surface area contributed by atoms with Crippen molar-refractivity contribution in [1.82, 2.24) is 0 Å². The zero-order chi connectivity index (χ0) is 10.7. The first-order valence-electron chi connectivity index (χ1n) is 3.87. The van der Waals surface area contributed by atoms with E-state index in [-0.39, 0.29) is 5.82 Å². The van der Waals surface area contributed by atoms with Crippen LogP contribution in [0.2, 0.25) is 0 Å². The summed E-state index contributed by atoms with van der Waals surface area (Å²) in [6.45, 7) is 1.62. The second-order valence-electron chi connectivity index (χ2n) is 2.81. The van der Waals surface area contributed by atoms with Crippen molar-refractivity contribution in [2.45, 2.75) is 6.92 Å². The number of aliphatic carboxylic acids is 1. The Kier molecular flexibility index (Phi) is 3.41. The fourth-order valence-electron chi connectivity index (χ4n) is 1.02. The number of benzene rings is 1. The summed E-state index contributed by atoms with van der Waals surface area (Å²) in [6.07, 6.45) is 2.43. The second kappa shape index (κ2) is 4.37. The first-order chi connectivity index (χ1) is 6.50. The summed E-state index contributed by atoms with van der Waals surface area (Å²) in [4.78, 5) is 10.2. The van der Waals surface area contributed by atoms with Gasteiger partial charge in [0.25, 0.3) is 0 Å². The maximum absolute atomic E-state index is 13.1. The molecule has 0 aliphatic rings. The lowest BCUT2D eigenvalue weighted by atomic mass is 10.1. The predicted octanol–water partition coefficient (Wildman–Crippen LogP) is 2.99. The number of carboxylic acid groups (broad SMARTS) is 1. The minimum Gasteiger partial charge on any atom is -0.478 e. The van der Waals surface area contributed by atoms with Crippen LogP contribution in [-0.2, 0) is 4.79 Å². The zero-order valence-corrected chi connectivity index (χ0v) is 9.01. The van der Waals surface area contributed by atoms with Gasteiger partial charge in [0.2, 0.25) is 0 Å². The van der Waals surface area contributed by atoms with E-state index < -0.39 is 5.97 Å². The third-order valence-corrected chi connectivity index (χ3v) is 2.23. The van der Waals surface area contributed by atoms with Crippen molar-refractivity contribution in [3.63, 3.8) is 0 Å². The molecule has 2 nitrogen and oxygen atoms in total. The van der Waals surface area contributed by atoms with Gasteiger partial charge in [0.05, 0.1) is 4.47 Å². The molecule has 0 unspecified atom stereocenters. The van der Waals surface area contributed by atoms with Gasteiger partial charge in [-0.05, 0) is 52.2 Å². The number of carbonyl (C=O) groups is 1. The average molecular weight is 259 g/mol. The Morgan fingerprint density at radius 1 is 1.57 bits per heavy atom. The van der Waals surface area contributed by atoms with E-state index in [9.17, 15) is 9.18 Å². The third kappa shape index (κ3) is 2.67. The van der Waals surface area contributed by atoms with Crippen LogP contribution in [0.4, 0.5) is 4.39 Å². The Labute approximate surface area is 89.2 Å². The highest BCUT2D eigenvalue weighted by Gasteiger charge is 2.03. The molecule has 0 heterocycles. The lowest BCUT2D eigenvalue weighted by Crippen LogP contribution is -1.88. The molecule has 0 atom stereocenters. The molecule has 0 amide bonds. The standard InChI is InChI=1S/C10H8BrFO2/c1-6-4-7(2-3-9(13)14)5-8(11)10(6)12/h2-5H,1H3,(H,13,14)/b3-2+. The number of halogens is 2. The molecule has 1 aromatic rings. The van der Waals surface area contributed by atoms with Crippen LogP contribution in [0.15, 0.2) is 22.7 Å². The van der Waals surface area contributed by atoms with Gasteiger partial charge in [0.15, 0.2) is 0 Å². The number of hydrogen-bond donors (Lipinski definition) is 1. The highest BCUT2D eigenvalue weighted by Crippen LogP contribution is 2.21. The molecule has 0 spiro atoms. The lowest BCUT2D eigenvalue weighted by molar-refractivity contribution is -0.131. The summed E-state index contributed by atoms with van der Waals surface area (Å²) in [6, 6.07) is 3.11. The normalized spacial score (nSPS) is 10.8. The molecule has 0 aliphatic carbocycles. The minimum atomic E-state index is -1.02. The van der Waals surface area contributed by atoms with Crippen LogP contribution in [0.25, 0.3) is 6.08 Å². The van der Waals surface area contributed by atoms with E-state index in [4.69, 9.17) is 5.11 Å². The molecule has 14 heavy (non-hydrogen) atoms. The van der Waals surface area contributed by atoms with E-state index in [0.717, 1.165) is 6.08 Å². The molecule has 0 fully saturated rings. The largest absolute Gasteiger partial charge is 0.478 e. The smallest absolute Gasteiger partial charge is 0.328 e. The molecule has 1 rings (SSSR count). The van der Waals surface area contributed by atoms with Gasteiger partial charge in [0.1, 0.15) is 5.82 Å². The Morgan fingerprint density at radius 2 is 2.21 bits per heavy atom. The van der Waals surface area contributed by atoms with Crippen LogP contribution >= 0.6 is 15.9 Å². The van der Waals surface area contributed by atoms with Gasteiger partial charge >= 0.3 is 5.97 Å². The van der Waals surface area contributed by atoms with Crippen LogP contribution < -0.4 is 0 Å². The van der Waals surface area contributed by atoms with E-state index in [1.165, 1.54) is 12.1 Å². The maximum atomic E-state index is 13.1. The Hall–Kier alpha value is -1.16. The van der Waals surface area contributed by atoms with E-state index in [1.54, 1.807) is 13.0 Å². The van der Waals surface area contributed by atoms with Crippen LogP contribution in [-0.4, -0.2) is 11.1 Å². The van der Waals surface area contributed by atoms with Crippen LogP contribution in [0, 0.1) is 12.7 Å². The molecule has 0 bridgehead atoms. The summed E-state index contributed by atoms with van der Waals surface area (Å²) in [5.74, 6) is -1.35. The van der Waals surface area contributed by atoms with E-state index in [1.807, 2.05) is 0 Å². The lowest BCUT2D eigenvalue weighted by Gasteiger charge is -2.01. The molecule has 0 saturated carbocycles. The van der Waals surface area contributed by atoms with Crippen molar-refractivity contribution in [2.24, 2.45) is 0 Å². The summed E-state index contributed by atoms with van der Waals surface area (Å²) in [7, 11) is 0. The Balaban J connectivity index is 3.07. The van der Waals surface area contributed by atoms with Gasteiger partial charge in [-0.15, -0.1) is 0 Å². The van der Waals surface area contributed by atoms with Crippen molar-refractivity contribution >= 4 is 28.0 Å². The third-order valence-electron chi connectivity index (χ3n) is 1.65. The molecule has 0 aliphatic heterocycles. The fourth-order valence-corrected chi connectivity index (χ4v) is 1.59. The van der Waals surface area contributed by atoms with Crippen molar-refractivity contribution in [1.29, 1.82) is 0 Å². The predicted molar refractivity (Wildman–Crippen MR) is 55.5 cm³/mol. The average Bonchev–Trinajstić information content (AvgIpc) is 2.10. The number of rotatable bonds is 2. The molecule has 4 heteroatoms. The molecule has 74 valence electrons. The van der Waals surface area contributed by atoms with E-state index in [0.29, 0.717) is 15.6 Å². The maximum Gasteiger partial charge on any atom is 0.328 e. The van der Waals surface area contributed by atoms with Crippen LogP contribution in [0.3, 0.4) is 0 Å². The van der Waals surface area contributed by atoms with Crippen LogP contribution in [0.1, 0.15) is 11.1 Å². The van der Waals surface area contributed by atoms with Crippen LogP contribution in [0.5, 0.6) is 0 Å². The first kappa shape index (κ1) is 10.9. The topological polar surface area (TPSA) is 37.3 Å². The zero-order valence-electron chi connectivity index (χ0n) is 7.42. The molecular formula is C10H8BrFO2. The quantitative estimate of drug-likeness (QED) is 0.829. The highest BCUT2D eigenvalue weighted by atomic mass is 79.9. The van der Waals surface area contributed by atoms with Gasteiger partial charge in [-0.3, -0.25) is 0 Å². The van der Waals surface area contributed by atoms with Gasteiger partial charge in [-0.25, -0.2) is 9.18 Å². The molecule has 0 radical (unpaired) electrons. The van der Waals surface area contributed by atoms with E-state index >= 15 is 0 Å². The number of carboxylic acids is 1. The van der Waals surface area contributed by atoms with E-state index in [2.05, 4.69) is 15.9 Å². The molecule has 1 N–H and O–H groups in total. The SMILES string of the molecule is Cc1cc(/C=C/C(=O)O)cc(Br)c1F. The summed E-state index contributed by atoms with van der Waals surface area (Å²) < 4.78 is 13.5. The molecular weight excluding hydrogens is 251 g/mol. The Bertz CT molecular complexity index is 376. The Morgan fingerprint density at radius 3 is 2.71 bits per heavy atom.